The van der Waals surface area contributed by atoms with Crippen LogP contribution in [0, 0.1) is 5.41 Å². The minimum atomic E-state index is -0.111. The summed E-state index contributed by atoms with van der Waals surface area (Å²) >= 11 is 0. The summed E-state index contributed by atoms with van der Waals surface area (Å²) in [6.45, 7) is 4.21. The van der Waals surface area contributed by atoms with Crippen LogP contribution in [0.2, 0.25) is 0 Å². The van der Waals surface area contributed by atoms with Gasteiger partial charge in [0, 0.05) is 26.8 Å². The minimum Gasteiger partial charge on any atom is -0.328 e. The van der Waals surface area contributed by atoms with Crippen molar-refractivity contribution < 1.29 is 0 Å². The fraction of sp³-hybridized carbons (Fsp3) is 0.273. The highest BCUT2D eigenvalue weighted by molar-refractivity contribution is 5.74. The van der Waals surface area contributed by atoms with Gasteiger partial charge in [-0.3, -0.25) is 14.5 Å². The predicted octanol–water partition coefficient (Wildman–Crippen LogP) is 0.344. The number of rotatable bonds is 2. The minimum absolute atomic E-state index is 0.111. The van der Waals surface area contributed by atoms with Crippen LogP contribution in [-0.4, -0.2) is 13.7 Å². The van der Waals surface area contributed by atoms with Gasteiger partial charge in [0.1, 0.15) is 5.52 Å². The van der Waals surface area contributed by atoms with Crippen LogP contribution in [0.5, 0.6) is 0 Å². The Morgan fingerprint density at radius 2 is 2.12 bits per heavy atom. The Hall–Kier alpha value is -2.04. The zero-order valence-electron chi connectivity index (χ0n) is 9.40. The summed E-state index contributed by atoms with van der Waals surface area (Å²) in [5.41, 5.74) is 1.65. The van der Waals surface area contributed by atoms with Gasteiger partial charge in [0.25, 0.3) is 0 Å². The Balaban J connectivity index is 2.95. The van der Waals surface area contributed by atoms with Crippen molar-refractivity contribution in [2.24, 2.45) is 14.1 Å². The van der Waals surface area contributed by atoms with E-state index in [4.69, 9.17) is 5.41 Å². The summed E-state index contributed by atoms with van der Waals surface area (Å²) in [5.74, 6) is 0. The molecule has 0 spiro atoms. The lowest BCUT2D eigenvalue weighted by atomic mass is 10.3. The monoisotopic (exact) mass is 218 g/mol. The summed E-state index contributed by atoms with van der Waals surface area (Å²) in [4.78, 5) is 11.7. The van der Waals surface area contributed by atoms with Crippen LogP contribution >= 0.6 is 0 Å². The summed E-state index contributed by atoms with van der Waals surface area (Å²) in [7, 11) is 3.39. The highest BCUT2D eigenvalue weighted by atomic mass is 16.1. The second-order valence-corrected chi connectivity index (χ2v) is 3.74. The van der Waals surface area contributed by atoms with Gasteiger partial charge in [0.05, 0.1) is 5.52 Å². The van der Waals surface area contributed by atoms with E-state index in [2.05, 4.69) is 6.58 Å². The molecule has 0 saturated carbocycles. The van der Waals surface area contributed by atoms with Gasteiger partial charge in [0.15, 0.2) is 5.49 Å². The topological polar surface area (TPSA) is 55.7 Å². The third kappa shape index (κ3) is 1.25. The van der Waals surface area contributed by atoms with Crippen LogP contribution in [0.15, 0.2) is 29.7 Å². The molecule has 0 aromatic carbocycles. The molecule has 0 bridgehead atoms. The fourth-order valence-corrected chi connectivity index (χ4v) is 1.89. The van der Waals surface area contributed by atoms with Gasteiger partial charge < -0.3 is 4.57 Å². The molecular formula is C11H14N4O. The molecule has 5 heteroatoms. The molecule has 5 nitrogen and oxygen atoms in total. The Bertz CT molecular complexity index is 672. The standard InChI is InChI=1S/C11H14N4O/c1-4-6-15-7-5-8-9(10(15)12)14(3)11(16)13(8)2/h4-5,7,12H,1,6H2,2-3H3. The molecule has 0 fully saturated rings. The van der Waals surface area contributed by atoms with Crippen molar-refractivity contribution in [3.05, 3.63) is 40.9 Å². The largest absolute Gasteiger partial charge is 0.328 e. The van der Waals surface area contributed by atoms with Crippen molar-refractivity contribution in [1.29, 1.82) is 5.41 Å². The first-order valence-electron chi connectivity index (χ1n) is 4.98. The number of fused-ring (bicyclic) bond motifs is 1. The smallest absolute Gasteiger partial charge is 0.328 e. The molecule has 2 rings (SSSR count). The molecule has 0 unspecified atom stereocenters. The number of pyridine rings is 1. The average Bonchev–Trinajstić information content (AvgIpc) is 2.48. The van der Waals surface area contributed by atoms with Crippen LogP contribution in [0.4, 0.5) is 0 Å². The van der Waals surface area contributed by atoms with E-state index in [1.165, 1.54) is 4.57 Å². The Labute approximate surface area is 92.4 Å². The van der Waals surface area contributed by atoms with E-state index in [1.807, 2.05) is 6.07 Å². The van der Waals surface area contributed by atoms with Gasteiger partial charge in [-0.2, -0.15) is 0 Å². The van der Waals surface area contributed by atoms with Crippen molar-refractivity contribution in [2.75, 3.05) is 0 Å². The maximum atomic E-state index is 11.7. The Morgan fingerprint density at radius 1 is 1.44 bits per heavy atom. The maximum Gasteiger partial charge on any atom is 0.328 e. The first-order chi connectivity index (χ1) is 7.57. The molecule has 0 aliphatic carbocycles. The van der Waals surface area contributed by atoms with Crippen LogP contribution in [-0.2, 0) is 20.6 Å². The number of nitrogens with zero attached hydrogens (tertiary/aromatic N) is 3. The van der Waals surface area contributed by atoms with Crippen LogP contribution in [0.1, 0.15) is 0 Å². The molecule has 0 aliphatic rings. The molecule has 0 amide bonds. The lowest BCUT2D eigenvalue weighted by molar-refractivity contribution is 0.746. The molecule has 2 aromatic heterocycles. The van der Waals surface area contributed by atoms with E-state index in [0.717, 1.165) is 5.52 Å². The number of allylic oxidation sites excluding steroid dienone is 1. The molecule has 1 N–H and O–H groups in total. The number of aromatic nitrogens is 3. The average molecular weight is 218 g/mol. The van der Waals surface area contributed by atoms with E-state index >= 15 is 0 Å². The summed E-state index contributed by atoms with van der Waals surface area (Å²) in [5, 5.41) is 8.04. The van der Waals surface area contributed by atoms with Gasteiger partial charge in [-0.25, -0.2) is 4.79 Å². The highest BCUT2D eigenvalue weighted by Gasteiger charge is 2.09. The van der Waals surface area contributed by atoms with Gasteiger partial charge in [0.2, 0.25) is 0 Å². The lowest BCUT2D eigenvalue weighted by Crippen LogP contribution is -2.23. The number of hydrogen-bond acceptors (Lipinski definition) is 2. The third-order valence-corrected chi connectivity index (χ3v) is 2.76. The molecule has 16 heavy (non-hydrogen) atoms. The second kappa shape index (κ2) is 3.52. The number of imidazole rings is 1. The SMILES string of the molecule is C=CCn1ccc2c(c1=N)n(C)c(=O)n2C. The number of hydrogen-bond donors (Lipinski definition) is 1. The zero-order chi connectivity index (χ0) is 11.9. The molecule has 2 aromatic rings. The fourth-order valence-electron chi connectivity index (χ4n) is 1.89. The molecule has 0 atom stereocenters. The van der Waals surface area contributed by atoms with Crippen molar-refractivity contribution in [2.45, 2.75) is 6.54 Å². The molecule has 0 aliphatic heterocycles. The molecule has 0 saturated heterocycles. The first kappa shape index (κ1) is 10.5. The normalized spacial score (nSPS) is 10.9. The number of aryl methyl sites for hydroxylation is 2. The van der Waals surface area contributed by atoms with E-state index in [1.54, 1.807) is 35.5 Å². The van der Waals surface area contributed by atoms with Crippen LogP contribution in [0.25, 0.3) is 11.0 Å². The van der Waals surface area contributed by atoms with Crippen molar-refractivity contribution in [1.82, 2.24) is 13.7 Å². The van der Waals surface area contributed by atoms with E-state index in [-0.39, 0.29) is 5.69 Å². The van der Waals surface area contributed by atoms with Gasteiger partial charge >= 0.3 is 5.69 Å². The summed E-state index contributed by atoms with van der Waals surface area (Å²) in [6, 6.07) is 1.85. The van der Waals surface area contributed by atoms with E-state index in [0.29, 0.717) is 17.5 Å². The van der Waals surface area contributed by atoms with Gasteiger partial charge in [-0.15, -0.1) is 6.58 Å². The molecular weight excluding hydrogens is 204 g/mol. The van der Waals surface area contributed by atoms with Crippen LogP contribution in [0.3, 0.4) is 0 Å². The Kier molecular flexibility index (Phi) is 2.30. The predicted molar refractivity (Wildman–Crippen MR) is 62.2 cm³/mol. The molecule has 84 valence electrons. The summed E-state index contributed by atoms with van der Waals surface area (Å²) < 4.78 is 4.79. The molecule has 0 radical (unpaired) electrons. The lowest BCUT2D eigenvalue weighted by Gasteiger charge is -2.04. The van der Waals surface area contributed by atoms with Gasteiger partial charge in [-0.1, -0.05) is 6.08 Å². The highest BCUT2D eigenvalue weighted by Crippen LogP contribution is 2.05. The zero-order valence-corrected chi connectivity index (χ0v) is 9.40. The van der Waals surface area contributed by atoms with E-state index < -0.39 is 0 Å². The molecule has 2 heterocycles. The third-order valence-electron chi connectivity index (χ3n) is 2.76. The van der Waals surface area contributed by atoms with Crippen molar-refractivity contribution in [3.63, 3.8) is 0 Å². The van der Waals surface area contributed by atoms with E-state index in [9.17, 15) is 4.79 Å². The summed E-state index contributed by atoms with van der Waals surface area (Å²) in [6.07, 6.45) is 3.52. The first-order valence-corrected chi connectivity index (χ1v) is 4.98. The Morgan fingerprint density at radius 3 is 2.75 bits per heavy atom. The van der Waals surface area contributed by atoms with Crippen molar-refractivity contribution >= 4 is 11.0 Å². The number of nitrogens with one attached hydrogen (secondary N) is 1. The van der Waals surface area contributed by atoms with Gasteiger partial charge in [-0.05, 0) is 6.07 Å². The van der Waals surface area contributed by atoms with Crippen molar-refractivity contribution in [3.8, 4) is 0 Å². The second-order valence-electron chi connectivity index (χ2n) is 3.74. The van der Waals surface area contributed by atoms with Crippen LogP contribution < -0.4 is 11.2 Å². The quantitative estimate of drug-likeness (QED) is 0.726. The maximum absolute atomic E-state index is 11.7.